The molecule has 0 N–H and O–H groups in total. The van der Waals surface area contributed by atoms with E-state index in [1.807, 2.05) is 7.05 Å². The van der Waals surface area contributed by atoms with Gasteiger partial charge in [0.2, 0.25) is 0 Å². The van der Waals surface area contributed by atoms with Gasteiger partial charge in [-0.1, -0.05) is 23.4 Å². The second kappa shape index (κ2) is 5.45. The van der Waals surface area contributed by atoms with Crippen LogP contribution >= 0.6 is 0 Å². The van der Waals surface area contributed by atoms with Gasteiger partial charge >= 0.3 is 10.0 Å². The highest BCUT2D eigenvalue weighted by Crippen LogP contribution is 2.12. The van der Waals surface area contributed by atoms with Crippen LogP contribution in [0, 0.1) is 0 Å². The van der Waals surface area contributed by atoms with Crippen molar-refractivity contribution < 1.29 is 8.42 Å². The molecule has 18 heavy (non-hydrogen) atoms. The van der Waals surface area contributed by atoms with Crippen LogP contribution in [0.1, 0.15) is 0 Å². The molecule has 0 amide bonds. The van der Waals surface area contributed by atoms with Gasteiger partial charge in [-0.25, -0.2) is 0 Å². The molecular formula is C11H16N4O2S. The van der Waals surface area contributed by atoms with Crippen LogP contribution in [0.15, 0.2) is 45.0 Å². The summed E-state index contributed by atoms with van der Waals surface area (Å²) in [6, 6.07) is 8.11. The third-order valence-electron chi connectivity index (χ3n) is 2.79. The maximum atomic E-state index is 11.8. The van der Waals surface area contributed by atoms with E-state index in [0.717, 1.165) is 13.1 Å². The molecule has 0 spiro atoms. The van der Waals surface area contributed by atoms with Gasteiger partial charge in [-0.15, -0.1) is 0 Å². The second-order valence-corrected chi connectivity index (χ2v) is 5.80. The third-order valence-corrected chi connectivity index (χ3v) is 3.95. The van der Waals surface area contributed by atoms with Gasteiger partial charge in [-0.3, -0.25) is 5.01 Å². The Bertz CT molecular complexity index is 507. The van der Waals surface area contributed by atoms with Gasteiger partial charge in [-0.2, -0.15) is 8.42 Å². The van der Waals surface area contributed by atoms with Crippen LogP contribution in [0.5, 0.6) is 0 Å². The van der Waals surface area contributed by atoms with E-state index in [4.69, 9.17) is 0 Å². The number of hydrogen-bond donors (Lipinski definition) is 0. The topological polar surface area (TPSA) is 65.3 Å². The first kappa shape index (κ1) is 13.0. The van der Waals surface area contributed by atoms with E-state index in [9.17, 15) is 8.42 Å². The fourth-order valence-corrected chi connectivity index (χ4v) is 2.42. The molecule has 1 fully saturated rings. The van der Waals surface area contributed by atoms with E-state index < -0.39 is 10.0 Å². The zero-order valence-electron chi connectivity index (χ0n) is 10.2. The van der Waals surface area contributed by atoms with E-state index in [2.05, 4.69) is 14.6 Å². The molecule has 1 aliphatic heterocycles. The molecule has 0 radical (unpaired) electrons. The highest BCUT2D eigenvalue weighted by atomic mass is 32.2. The average Bonchev–Trinajstić information content (AvgIpc) is 2.39. The van der Waals surface area contributed by atoms with Crippen LogP contribution in [0.25, 0.3) is 0 Å². The number of hydrogen-bond acceptors (Lipinski definition) is 4. The summed E-state index contributed by atoms with van der Waals surface area (Å²) in [5.74, 6) is 0. The Labute approximate surface area is 107 Å². The molecule has 0 unspecified atom stereocenters. The minimum Gasteiger partial charge on any atom is -0.303 e. The lowest BCUT2D eigenvalue weighted by Crippen LogP contribution is -2.41. The third kappa shape index (κ3) is 3.27. The number of sulfonamides is 1. The van der Waals surface area contributed by atoms with E-state index in [0.29, 0.717) is 13.1 Å². The van der Waals surface area contributed by atoms with Crippen LogP contribution in [0.3, 0.4) is 0 Å². The highest BCUT2D eigenvalue weighted by molar-refractivity contribution is 7.90. The second-order valence-electron chi connectivity index (χ2n) is 4.22. The number of piperazine rings is 1. The van der Waals surface area contributed by atoms with Gasteiger partial charge < -0.3 is 4.90 Å². The fraction of sp³-hybridized carbons (Fsp3) is 0.455. The van der Waals surface area contributed by atoms with Crippen molar-refractivity contribution in [1.29, 1.82) is 0 Å². The molecule has 1 heterocycles. The summed E-state index contributed by atoms with van der Waals surface area (Å²) in [4.78, 5) is 2.33. The van der Waals surface area contributed by atoms with Gasteiger partial charge in [0.25, 0.3) is 0 Å². The first-order chi connectivity index (χ1) is 8.58. The summed E-state index contributed by atoms with van der Waals surface area (Å²) in [7, 11) is -1.65. The van der Waals surface area contributed by atoms with Gasteiger partial charge in [-0.05, 0) is 23.7 Å². The van der Waals surface area contributed by atoms with Crippen molar-refractivity contribution in [3.63, 3.8) is 0 Å². The summed E-state index contributed by atoms with van der Waals surface area (Å²) >= 11 is 0. The van der Waals surface area contributed by atoms with Gasteiger partial charge in [0.1, 0.15) is 0 Å². The van der Waals surface area contributed by atoms with Crippen LogP contribution in [0.2, 0.25) is 0 Å². The lowest BCUT2D eigenvalue weighted by molar-refractivity contribution is 0.151. The lowest BCUT2D eigenvalue weighted by atomic mass is 10.4. The maximum absolute atomic E-state index is 11.8. The van der Waals surface area contributed by atoms with Crippen LogP contribution in [-0.2, 0) is 10.0 Å². The SMILES string of the molecule is CN1CCN(/N=N/S(=O)(=O)c2ccccc2)CC1. The standard InChI is InChI=1S/C11H16N4O2S/c1-14-7-9-15(10-8-14)12-13-18(16,17)11-5-3-2-4-6-11/h2-6H,7-10H2,1H3/b13-12+. The molecule has 0 atom stereocenters. The summed E-state index contributed by atoms with van der Waals surface area (Å²) in [5, 5.41) is 5.49. The quantitative estimate of drug-likeness (QED) is 0.767. The van der Waals surface area contributed by atoms with Gasteiger partial charge in [0.15, 0.2) is 0 Å². The van der Waals surface area contributed by atoms with Crippen molar-refractivity contribution in [3.8, 4) is 0 Å². The number of nitrogens with zero attached hydrogens (tertiary/aromatic N) is 4. The van der Waals surface area contributed by atoms with Crippen LogP contribution < -0.4 is 0 Å². The molecule has 7 heteroatoms. The number of benzene rings is 1. The first-order valence-corrected chi connectivity index (χ1v) is 7.18. The smallest absolute Gasteiger partial charge is 0.301 e. The monoisotopic (exact) mass is 268 g/mol. The highest BCUT2D eigenvalue weighted by Gasteiger charge is 2.15. The number of rotatable bonds is 3. The van der Waals surface area contributed by atoms with Crippen molar-refractivity contribution in [3.05, 3.63) is 30.3 Å². The average molecular weight is 268 g/mol. The first-order valence-electron chi connectivity index (χ1n) is 5.74. The van der Waals surface area contributed by atoms with E-state index in [1.165, 1.54) is 12.1 Å². The minimum atomic E-state index is -3.67. The Balaban J connectivity index is 2.05. The Morgan fingerprint density at radius 2 is 1.67 bits per heavy atom. The van der Waals surface area contributed by atoms with Crippen LogP contribution in [-0.4, -0.2) is 51.6 Å². The molecule has 1 aromatic carbocycles. The summed E-state index contributed by atoms with van der Waals surface area (Å²) < 4.78 is 27.2. The Morgan fingerprint density at radius 1 is 1.06 bits per heavy atom. The van der Waals surface area contributed by atoms with Crippen molar-refractivity contribution in [2.75, 3.05) is 33.2 Å². The van der Waals surface area contributed by atoms with Crippen molar-refractivity contribution in [2.45, 2.75) is 4.90 Å². The van der Waals surface area contributed by atoms with E-state index in [-0.39, 0.29) is 4.90 Å². The molecule has 0 bridgehead atoms. The predicted octanol–water partition coefficient (Wildman–Crippen LogP) is 0.990. The normalized spacial score (nSPS) is 18.4. The van der Waals surface area contributed by atoms with Crippen molar-refractivity contribution >= 4 is 10.0 Å². The maximum Gasteiger partial charge on any atom is 0.301 e. The summed E-state index contributed by atoms with van der Waals surface area (Å²) in [6.45, 7) is 3.13. The number of likely N-dealkylation sites (N-methyl/N-ethyl adjacent to an activating group) is 1. The Morgan fingerprint density at radius 3 is 2.28 bits per heavy atom. The Kier molecular flexibility index (Phi) is 3.93. The molecular weight excluding hydrogens is 252 g/mol. The zero-order chi connectivity index (χ0) is 13.0. The molecule has 0 saturated carbocycles. The molecule has 1 saturated heterocycles. The summed E-state index contributed by atoms with van der Waals surface area (Å²) in [6.07, 6.45) is 0. The fourth-order valence-electron chi connectivity index (χ4n) is 1.62. The molecule has 2 rings (SSSR count). The summed E-state index contributed by atoms with van der Waals surface area (Å²) in [5.41, 5.74) is 0. The van der Waals surface area contributed by atoms with Crippen molar-refractivity contribution in [2.24, 2.45) is 9.74 Å². The largest absolute Gasteiger partial charge is 0.303 e. The Hall–Kier alpha value is -1.47. The van der Waals surface area contributed by atoms with E-state index >= 15 is 0 Å². The molecule has 0 aliphatic carbocycles. The molecule has 1 aliphatic rings. The van der Waals surface area contributed by atoms with Gasteiger partial charge in [0.05, 0.1) is 18.0 Å². The van der Waals surface area contributed by atoms with E-state index in [1.54, 1.807) is 23.2 Å². The molecule has 1 aromatic rings. The minimum absolute atomic E-state index is 0.169. The molecule has 6 nitrogen and oxygen atoms in total. The lowest BCUT2D eigenvalue weighted by Gasteiger charge is -2.28. The van der Waals surface area contributed by atoms with Crippen molar-refractivity contribution in [1.82, 2.24) is 9.91 Å². The van der Waals surface area contributed by atoms with Crippen LogP contribution in [0.4, 0.5) is 0 Å². The molecule has 98 valence electrons. The molecule has 0 aromatic heterocycles. The zero-order valence-corrected chi connectivity index (χ0v) is 11.0. The predicted molar refractivity (Wildman–Crippen MR) is 67.6 cm³/mol. The van der Waals surface area contributed by atoms with Gasteiger partial charge in [0, 0.05) is 13.1 Å².